The maximum absolute atomic E-state index is 13.7. The van der Waals surface area contributed by atoms with E-state index in [0.717, 1.165) is 39.3 Å². The van der Waals surface area contributed by atoms with Gasteiger partial charge in [-0.15, -0.1) is 0 Å². The van der Waals surface area contributed by atoms with E-state index >= 15 is 0 Å². The lowest BCUT2D eigenvalue weighted by Gasteiger charge is -2.17. The van der Waals surface area contributed by atoms with Crippen molar-refractivity contribution < 1.29 is 14.3 Å². The van der Waals surface area contributed by atoms with Gasteiger partial charge in [-0.3, -0.25) is 9.59 Å². The summed E-state index contributed by atoms with van der Waals surface area (Å²) in [5, 5.41) is 7.93. The van der Waals surface area contributed by atoms with Gasteiger partial charge in [0.25, 0.3) is 11.5 Å². The molecule has 43 heavy (non-hydrogen) atoms. The van der Waals surface area contributed by atoms with Crippen LogP contribution in [0.15, 0.2) is 94.8 Å². The number of aromatic nitrogens is 2. The molecule has 0 spiro atoms. The van der Waals surface area contributed by atoms with E-state index in [2.05, 4.69) is 24.3 Å². The van der Waals surface area contributed by atoms with Crippen molar-refractivity contribution in [3.8, 4) is 22.9 Å². The first kappa shape index (κ1) is 29.3. The molecule has 218 valence electrons. The van der Waals surface area contributed by atoms with E-state index in [1.54, 1.807) is 31.5 Å². The lowest BCUT2D eigenvalue weighted by molar-refractivity contribution is -0.118. The molecule has 0 aliphatic rings. The summed E-state index contributed by atoms with van der Waals surface area (Å²) >= 11 is 0. The number of fused-ring (bicyclic) bond motifs is 1. The summed E-state index contributed by atoms with van der Waals surface area (Å²) in [6.45, 7) is 7.98. The van der Waals surface area contributed by atoms with Crippen LogP contribution in [0.3, 0.4) is 0 Å². The van der Waals surface area contributed by atoms with E-state index in [-0.39, 0.29) is 24.0 Å². The highest BCUT2D eigenvalue weighted by molar-refractivity contribution is 5.92. The van der Waals surface area contributed by atoms with Crippen LogP contribution < -0.4 is 20.3 Å². The zero-order valence-electron chi connectivity index (χ0n) is 24.9. The lowest BCUT2D eigenvalue weighted by Crippen LogP contribution is -2.21. The van der Waals surface area contributed by atoms with E-state index in [9.17, 15) is 9.59 Å². The predicted molar refractivity (Wildman–Crippen MR) is 172 cm³/mol. The number of nitrogens with one attached hydrogen (secondary N) is 1. The average Bonchev–Trinajstić information content (AvgIpc) is 3.01. The van der Waals surface area contributed by atoms with Gasteiger partial charge in [0.05, 0.1) is 24.2 Å². The number of aryl methyl sites for hydroxylation is 2. The molecular weight excluding hydrogens is 540 g/mol. The van der Waals surface area contributed by atoms with Crippen molar-refractivity contribution in [3.05, 3.63) is 118 Å². The molecule has 5 rings (SSSR count). The van der Waals surface area contributed by atoms with Gasteiger partial charge < -0.3 is 14.8 Å². The van der Waals surface area contributed by atoms with Crippen LogP contribution >= 0.6 is 0 Å². The standard InChI is InChI=1S/C35H34N4O4/c1-22(2)28-19-29(24(4)18-32(28)42-5)34-38-31-13-9-7-11-27(31)35(41)39(34)36-20-25-14-16-26(17-15-25)43-21-33(40)37-30-12-8-6-10-23(30)3/h6-20,22H,21H2,1-5H3,(H,37,40). The highest BCUT2D eigenvalue weighted by Gasteiger charge is 2.18. The summed E-state index contributed by atoms with van der Waals surface area (Å²) in [5.41, 5.74) is 5.55. The van der Waals surface area contributed by atoms with Crippen molar-refractivity contribution >= 4 is 28.7 Å². The predicted octanol–water partition coefficient (Wildman–Crippen LogP) is 6.71. The number of methoxy groups -OCH3 is 1. The molecule has 0 fully saturated rings. The molecular formula is C35H34N4O4. The molecule has 0 unspecified atom stereocenters. The van der Waals surface area contributed by atoms with Crippen molar-refractivity contribution in [2.75, 3.05) is 19.0 Å². The monoisotopic (exact) mass is 574 g/mol. The number of amides is 1. The molecule has 1 amide bonds. The Labute approximate surface area is 250 Å². The normalized spacial score (nSPS) is 11.3. The van der Waals surface area contributed by atoms with Crippen LogP contribution in [0.1, 0.15) is 42.0 Å². The Kier molecular flexibility index (Phi) is 8.66. The van der Waals surface area contributed by atoms with Gasteiger partial charge in [-0.25, -0.2) is 4.98 Å². The third kappa shape index (κ3) is 6.48. The average molecular weight is 575 g/mol. The second kappa shape index (κ2) is 12.7. The Morgan fingerprint density at radius 2 is 1.70 bits per heavy atom. The van der Waals surface area contributed by atoms with Gasteiger partial charge in [-0.1, -0.05) is 44.2 Å². The van der Waals surface area contributed by atoms with Gasteiger partial charge in [-0.2, -0.15) is 9.78 Å². The maximum Gasteiger partial charge on any atom is 0.282 e. The summed E-state index contributed by atoms with van der Waals surface area (Å²) in [6.07, 6.45) is 1.61. The first-order chi connectivity index (χ1) is 20.7. The lowest BCUT2D eigenvalue weighted by atomic mass is 9.96. The van der Waals surface area contributed by atoms with Gasteiger partial charge in [0, 0.05) is 11.3 Å². The highest BCUT2D eigenvalue weighted by atomic mass is 16.5. The molecule has 0 saturated carbocycles. The van der Waals surface area contributed by atoms with Crippen molar-refractivity contribution in [2.45, 2.75) is 33.6 Å². The highest BCUT2D eigenvalue weighted by Crippen LogP contribution is 2.34. The second-order valence-corrected chi connectivity index (χ2v) is 10.6. The molecule has 0 aliphatic heterocycles. The number of benzene rings is 4. The smallest absolute Gasteiger partial charge is 0.282 e. The minimum atomic E-state index is -0.266. The number of hydrogen-bond donors (Lipinski definition) is 1. The van der Waals surface area contributed by atoms with Gasteiger partial charge in [-0.05, 0) is 96.6 Å². The summed E-state index contributed by atoms with van der Waals surface area (Å²) in [6, 6.07) is 26.0. The van der Waals surface area contributed by atoms with E-state index in [0.29, 0.717) is 22.5 Å². The van der Waals surface area contributed by atoms with E-state index < -0.39 is 0 Å². The molecule has 5 aromatic rings. The van der Waals surface area contributed by atoms with Gasteiger partial charge in [0.1, 0.15) is 11.5 Å². The number of carbonyl (C=O) groups excluding carboxylic acids is 1. The number of nitrogens with zero attached hydrogens (tertiary/aromatic N) is 3. The van der Waals surface area contributed by atoms with Crippen LogP contribution in [0.25, 0.3) is 22.3 Å². The quantitative estimate of drug-likeness (QED) is 0.197. The Balaban J connectivity index is 1.42. The molecule has 8 heteroatoms. The molecule has 0 atom stereocenters. The maximum atomic E-state index is 13.7. The molecule has 0 aliphatic carbocycles. The molecule has 4 aromatic carbocycles. The third-order valence-electron chi connectivity index (χ3n) is 7.18. The molecule has 8 nitrogen and oxygen atoms in total. The zero-order valence-corrected chi connectivity index (χ0v) is 24.9. The number of para-hydroxylation sites is 2. The van der Waals surface area contributed by atoms with E-state index in [1.807, 2.05) is 80.6 Å². The van der Waals surface area contributed by atoms with E-state index in [4.69, 9.17) is 14.5 Å². The summed E-state index contributed by atoms with van der Waals surface area (Å²) in [5.74, 6) is 1.74. The summed E-state index contributed by atoms with van der Waals surface area (Å²) < 4.78 is 12.6. The Morgan fingerprint density at radius 1 is 0.977 bits per heavy atom. The van der Waals surface area contributed by atoms with E-state index in [1.165, 1.54) is 4.68 Å². The molecule has 1 aromatic heterocycles. The van der Waals surface area contributed by atoms with Crippen molar-refractivity contribution in [1.82, 2.24) is 9.66 Å². The second-order valence-electron chi connectivity index (χ2n) is 10.6. The van der Waals surface area contributed by atoms with Crippen LogP contribution in [0.5, 0.6) is 11.5 Å². The van der Waals surface area contributed by atoms with Crippen molar-refractivity contribution in [3.63, 3.8) is 0 Å². The Morgan fingerprint density at radius 3 is 2.42 bits per heavy atom. The number of hydrogen-bond acceptors (Lipinski definition) is 6. The van der Waals surface area contributed by atoms with Gasteiger partial charge in [0.2, 0.25) is 0 Å². The first-order valence-electron chi connectivity index (χ1n) is 14.1. The van der Waals surface area contributed by atoms with Crippen molar-refractivity contribution in [2.24, 2.45) is 5.10 Å². The molecule has 0 saturated heterocycles. The molecule has 0 bridgehead atoms. The topological polar surface area (TPSA) is 94.8 Å². The fourth-order valence-electron chi connectivity index (χ4n) is 4.80. The van der Waals surface area contributed by atoms with Crippen LogP contribution in [-0.2, 0) is 4.79 Å². The number of anilines is 1. The van der Waals surface area contributed by atoms with Gasteiger partial charge in [0.15, 0.2) is 12.4 Å². The minimum absolute atomic E-state index is 0.122. The number of ether oxygens (including phenoxy) is 2. The fourth-order valence-corrected chi connectivity index (χ4v) is 4.80. The molecule has 0 radical (unpaired) electrons. The molecule has 1 N–H and O–H groups in total. The summed E-state index contributed by atoms with van der Waals surface area (Å²) in [7, 11) is 1.66. The Hall–Kier alpha value is -5.24. The molecule has 1 heterocycles. The van der Waals surface area contributed by atoms with Crippen LogP contribution in [0.4, 0.5) is 5.69 Å². The van der Waals surface area contributed by atoms with Crippen LogP contribution in [0, 0.1) is 13.8 Å². The zero-order chi connectivity index (χ0) is 30.5. The largest absolute Gasteiger partial charge is 0.496 e. The fraction of sp³-hybridized carbons (Fsp3) is 0.200. The number of rotatable bonds is 9. The number of carbonyl (C=O) groups is 1. The van der Waals surface area contributed by atoms with Crippen LogP contribution in [-0.4, -0.2) is 35.5 Å². The van der Waals surface area contributed by atoms with Gasteiger partial charge >= 0.3 is 0 Å². The summed E-state index contributed by atoms with van der Waals surface area (Å²) in [4.78, 5) is 30.9. The first-order valence-corrected chi connectivity index (χ1v) is 14.1. The Bertz CT molecular complexity index is 1870. The SMILES string of the molecule is COc1cc(C)c(-c2nc3ccccc3c(=O)n2N=Cc2ccc(OCC(=O)Nc3ccccc3C)cc2)cc1C(C)C. The van der Waals surface area contributed by atoms with Crippen molar-refractivity contribution in [1.29, 1.82) is 0 Å². The third-order valence-corrected chi connectivity index (χ3v) is 7.18. The minimum Gasteiger partial charge on any atom is -0.496 e. The van der Waals surface area contributed by atoms with Crippen LogP contribution in [0.2, 0.25) is 0 Å².